The summed E-state index contributed by atoms with van der Waals surface area (Å²) in [5, 5.41) is 4.73. The molecule has 6 heteroatoms. The summed E-state index contributed by atoms with van der Waals surface area (Å²) in [5.74, 6) is 0.449. The molecule has 2 heterocycles. The van der Waals surface area contributed by atoms with Crippen molar-refractivity contribution in [3.8, 4) is 0 Å². The molecule has 0 aliphatic heterocycles. The first-order chi connectivity index (χ1) is 9.06. The molecule has 2 amide bonds. The Kier molecular flexibility index (Phi) is 3.82. The number of aryl methyl sites for hydroxylation is 1. The maximum atomic E-state index is 11.7. The molecule has 0 spiro atoms. The molecule has 19 heavy (non-hydrogen) atoms. The second-order valence-corrected chi connectivity index (χ2v) is 4.71. The van der Waals surface area contributed by atoms with E-state index >= 15 is 0 Å². The van der Waals surface area contributed by atoms with Crippen LogP contribution in [0.15, 0.2) is 34.1 Å². The Balaban J connectivity index is 2.03. The zero-order valence-corrected chi connectivity index (χ0v) is 11.0. The van der Waals surface area contributed by atoms with Crippen molar-refractivity contribution in [2.24, 2.45) is 5.73 Å². The molecule has 0 radical (unpaired) electrons. The van der Waals surface area contributed by atoms with Crippen LogP contribution in [0.5, 0.6) is 0 Å². The van der Waals surface area contributed by atoms with Gasteiger partial charge in [-0.05, 0) is 36.6 Å². The molecular formula is C13H12N2O3S. The molecule has 3 N–H and O–H groups in total. The molecule has 0 atom stereocenters. The van der Waals surface area contributed by atoms with Gasteiger partial charge in [-0.15, -0.1) is 11.3 Å². The number of hydrogen-bond donors (Lipinski definition) is 2. The van der Waals surface area contributed by atoms with Crippen LogP contribution < -0.4 is 11.1 Å². The number of anilines is 1. The third-order valence-electron chi connectivity index (χ3n) is 2.33. The molecule has 0 aliphatic carbocycles. The van der Waals surface area contributed by atoms with Crippen molar-refractivity contribution in [2.45, 2.75) is 6.92 Å². The zero-order valence-electron chi connectivity index (χ0n) is 10.2. The molecule has 2 aromatic rings. The maximum absolute atomic E-state index is 11.7. The van der Waals surface area contributed by atoms with Crippen LogP contribution in [0.4, 0.5) is 5.00 Å². The normalized spacial score (nSPS) is 10.8. The Morgan fingerprint density at radius 3 is 2.79 bits per heavy atom. The van der Waals surface area contributed by atoms with E-state index in [2.05, 4.69) is 5.32 Å². The average Bonchev–Trinajstić information content (AvgIpc) is 2.95. The van der Waals surface area contributed by atoms with Crippen LogP contribution in [0.1, 0.15) is 21.9 Å². The van der Waals surface area contributed by atoms with Crippen molar-refractivity contribution < 1.29 is 14.0 Å². The first kappa shape index (κ1) is 13.1. The van der Waals surface area contributed by atoms with Gasteiger partial charge in [0.25, 0.3) is 5.91 Å². The summed E-state index contributed by atoms with van der Waals surface area (Å²) in [5.41, 5.74) is 5.49. The SMILES string of the molecule is Cc1ccc(/C=C/C(=O)Nc2sccc2C(N)=O)o1. The van der Waals surface area contributed by atoms with Gasteiger partial charge in [0.15, 0.2) is 0 Å². The van der Waals surface area contributed by atoms with Gasteiger partial charge in [0.1, 0.15) is 16.5 Å². The Hall–Kier alpha value is -2.34. The number of nitrogens with one attached hydrogen (secondary N) is 1. The summed E-state index contributed by atoms with van der Waals surface area (Å²) >= 11 is 1.24. The van der Waals surface area contributed by atoms with Crippen LogP contribution in [0.25, 0.3) is 6.08 Å². The number of nitrogens with two attached hydrogens (primary N) is 1. The van der Waals surface area contributed by atoms with Crippen LogP contribution in [-0.4, -0.2) is 11.8 Å². The number of carbonyl (C=O) groups excluding carboxylic acids is 2. The van der Waals surface area contributed by atoms with Gasteiger partial charge in [0.2, 0.25) is 5.91 Å². The number of thiophene rings is 1. The number of primary amides is 1. The number of rotatable bonds is 4. The van der Waals surface area contributed by atoms with E-state index in [-0.39, 0.29) is 5.91 Å². The van der Waals surface area contributed by atoms with E-state index in [1.807, 2.05) is 13.0 Å². The van der Waals surface area contributed by atoms with E-state index in [0.29, 0.717) is 16.3 Å². The van der Waals surface area contributed by atoms with E-state index in [0.717, 1.165) is 5.76 Å². The highest BCUT2D eigenvalue weighted by molar-refractivity contribution is 7.14. The Bertz CT molecular complexity index is 640. The van der Waals surface area contributed by atoms with E-state index in [1.54, 1.807) is 23.6 Å². The lowest BCUT2D eigenvalue weighted by molar-refractivity contribution is -0.111. The van der Waals surface area contributed by atoms with E-state index in [9.17, 15) is 9.59 Å². The molecule has 0 bridgehead atoms. The van der Waals surface area contributed by atoms with Gasteiger partial charge in [-0.25, -0.2) is 0 Å². The summed E-state index contributed by atoms with van der Waals surface area (Å²) in [6.45, 7) is 1.82. The fraction of sp³-hybridized carbons (Fsp3) is 0.0769. The molecule has 5 nitrogen and oxygen atoms in total. The predicted octanol–water partition coefficient (Wildman–Crippen LogP) is 2.40. The van der Waals surface area contributed by atoms with Gasteiger partial charge in [0, 0.05) is 6.08 Å². The summed E-state index contributed by atoms with van der Waals surface area (Å²) < 4.78 is 5.29. The molecule has 0 aromatic carbocycles. The standard InChI is InChI=1S/C13H12N2O3S/c1-8-2-3-9(18-8)4-5-11(16)15-13-10(12(14)17)6-7-19-13/h2-7H,1H3,(H2,14,17)(H,15,16)/b5-4+. The first-order valence-corrected chi connectivity index (χ1v) is 6.37. The zero-order chi connectivity index (χ0) is 13.8. The minimum Gasteiger partial charge on any atom is -0.462 e. The molecule has 0 unspecified atom stereocenters. The van der Waals surface area contributed by atoms with Crippen LogP contribution in [0, 0.1) is 6.92 Å². The summed E-state index contributed by atoms with van der Waals surface area (Å²) in [4.78, 5) is 22.8. The van der Waals surface area contributed by atoms with Crippen molar-refractivity contribution in [3.63, 3.8) is 0 Å². The second kappa shape index (κ2) is 5.53. The van der Waals surface area contributed by atoms with E-state index in [1.165, 1.54) is 17.4 Å². The lowest BCUT2D eigenvalue weighted by Gasteiger charge is -2.00. The highest BCUT2D eigenvalue weighted by Crippen LogP contribution is 2.22. The van der Waals surface area contributed by atoms with Gasteiger partial charge in [-0.1, -0.05) is 0 Å². The van der Waals surface area contributed by atoms with Crippen LogP contribution >= 0.6 is 11.3 Å². The Labute approximate surface area is 113 Å². The predicted molar refractivity (Wildman–Crippen MR) is 73.9 cm³/mol. The monoisotopic (exact) mass is 276 g/mol. The average molecular weight is 276 g/mol. The maximum Gasteiger partial charge on any atom is 0.251 e. The smallest absolute Gasteiger partial charge is 0.251 e. The summed E-state index contributed by atoms with van der Waals surface area (Å²) in [6.07, 6.45) is 2.89. The van der Waals surface area contributed by atoms with Gasteiger partial charge in [-0.2, -0.15) is 0 Å². The van der Waals surface area contributed by atoms with Crippen molar-refractivity contribution in [2.75, 3.05) is 5.32 Å². The van der Waals surface area contributed by atoms with Crippen LogP contribution in [0.2, 0.25) is 0 Å². The quantitative estimate of drug-likeness (QED) is 0.841. The molecule has 2 aromatic heterocycles. The summed E-state index contributed by atoms with van der Waals surface area (Å²) in [6, 6.07) is 5.14. The fourth-order valence-electron chi connectivity index (χ4n) is 1.45. The minimum atomic E-state index is -0.567. The number of hydrogen-bond acceptors (Lipinski definition) is 4. The van der Waals surface area contributed by atoms with Gasteiger partial charge in [-0.3, -0.25) is 9.59 Å². The molecule has 0 aliphatic rings. The van der Waals surface area contributed by atoms with Gasteiger partial charge < -0.3 is 15.5 Å². The first-order valence-electron chi connectivity index (χ1n) is 5.49. The number of furan rings is 1. The topological polar surface area (TPSA) is 85.3 Å². The van der Waals surface area contributed by atoms with Crippen LogP contribution in [-0.2, 0) is 4.79 Å². The highest BCUT2D eigenvalue weighted by Gasteiger charge is 2.10. The van der Waals surface area contributed by atoms with Crippen LogP contribution in [0.3, 0.4) is 0 Å². The number of carbonyl (C=O) groups is 2. The molecule has 0 saturated heterocycles. The van der Waals surface area contributed by atoms with Crippen molar-refractivity contribution in [1.82, 2.24) is 0 Å². The van der Waals surface area contributed by atoms with Crippen molar-refractivity contribution in [3.05, 3.63) is 46.7 Å². The van der Waals surface area contributed by atoms with Crippen molar-refractivity contribution in [1.29, 1.82) is 0 Å². The molecule has 98 valence electrons. The van der Waals surface area contributed by atoms with Crippen molar-refractivity contribution >= 4 is 34.2 Å². The highest BCUT2D eigenvalue weighted by atomic mass is 32.1. The second-order valence-electron chi connectivity index (χ2n) is 3.80. The lowest BCUT2D eigenvalue weighted by atomic mass is 10.3. The Morgan fingerprint density at radius 2 is 2.16 bits per heavy atom. The minimum absolute atomic E-state index is 0.306. The third-order valence-corrected chi connectivity index (χ3v) is 3.16. The largest absolute Gasteiger partial charge is 0.462 e. The fourth-order valence-corrected chi connectivity index (χ4v) is 2.25. The molecule has 2 rings (SSSR count). The molecular weight excluding hydrogens is 264 g/mol. The Morgan fingerprint density at radius 1 is 1.37 bits per heavy atom. The van der Waals surface area contributed by atoms with Gasteiger partial charge >= 0.3 is 0 Å². The van der Waals surface area contributed by atoms with E-state index in [4.69, 9.17) is 10.2 Å². The van der Waals surface area contributed by atoms with E-state index < -0.39 is 5.91 Å². The third kappa shape index (κ3) is 3.32. The number of amides is 2. The molecule has 0 fully saturated rings. The summed E-state index contributed by atoms with van der Waals surface area (Å²) in [7, 11) is 0. The lowest BCUT2D eigenvalue weighted by Crippen LogP contribution is -2.14. The molecule has 0 saturated carbocycles. The van der Waals surface area contributed by atoms with Gasteiger partial charge in [0.05, 0.1) is 5.56 Å².